The van der Waals surface area contributed by atoms with Crippen LogP contribution >= 0.6 is 22.7 Å². The Labute approximate surface area is 189 Å². The maximum atomic E-state index is 12.3. The Kier molecular flexibility index (Phi) is 7.70. The van der Waals surface area contributed by atoms with E-state index in [0.717, 1.165) is 26.7 Å². The predicted molar refractivity (Wildman–Crippen MR) is 126 cm³/mol. The van der Waals surface area contributed by atoms with Gasteiger partial charge in [-0.15, -0.1) is 22.7 Å². The minimum absolute atomic E-state index is 0.0425. The molecular formula is C23H25N3O3S2. The monoisotopic (exact) mass is 455 g/mol. The van der Waals surface area contributed by atoms with E-state index in [-0.39, 0.29) is 30.4 Å². The molecule has 0 saturated heterocycles. The molecular weight excluding hydrogens is 430 g/mol. The van der Waals surface area contributed by atoms with Gasteiger partial charge in [-0.05, 0) is 31.0 Å². The highest BCUT2D eigenvalue weighted by atomic mass is 32.1. The Hall–Kier alpha value is -2.84. The molecule has 6 nitrogen and oxygen atoms in total. The average molecular weight is 456 g/mol. The summed E-state index contributed by atoms with van der Waals surface area (Å²) in [5.74, 6) is -0.336. The van der Waals surface area contributed by atoms with Gasteiger partial charge in [-0.3, -0.25) is 14.4 Å². The highest BCUT2D eigenvalue weighted by Gasteiger charge is 2.15. The van der Waals surface area contributed by atoms with Crippen molar-refractivity contribution in [1.29, 1.82) is 0 Å². The Balaban J connectivity index is 1.56. The van der Waals surface area contributed by atoms with Crippen LogP contribution in [0.2, 0.25) is 0 Å². The number of aromatic nitrogens is 1. The molecule has 0 saturated carbocycles. The zero-order valence-corrected chi connectivity index (χ0v) is 19.4. The Bertz CT molecular complexity index is 1080. The molecule has 0 radical (unpaired) electrons. The highest BCUT2D eigenvalue weighted by Crippen LogP contribution is 2.34. The SMILES string of the molecule is CCc1ccc(C(=O)CCC(=O)Nc2nc(-c3ccc(CNC(C)=O)s3)c(C)s2)cc1. The molecule has 0 aliphatic carbocycles. The van der Waals surface area contributed by atoms with Gasteiger partial charge in [0.1, 0.15) is 0 Å². The summed E-state index contributed by atoms with van der Waals surface area (Å²) >= 11 is 2.97. The van der Waals surface area contributed by atoms with Crippen molar-refractivity contribution in [2.24, 2.45) is 0 Å². The zero-order valence-electron chi connectivity index (χ0n) is 17.8. The van der Waals surface area contributed by atoms with Gasteiger partial charge in [-0.2, -0.15) is 0 Å². The molecule has 2 amide bonds. The van der Waals surface area contributed by atoms with Gasteiger partial charge in [0.2, 0.25) is 11.8 Å². The largest absolute Gasteiger partial charge is 0.351 e. The van der Waals surface area contributed by atoms with Crippen LogP contribution in [-0.2, 0) is 22.6 Å². The van der Waals surface area contributed by atoms with Crippen LogP contribution in [0.15, 0.2) is 36.4 Å². The molecule has 0 unspecified atom stereocenters. The molecule has 162 valence electrons. The Morgan fingerprint density at radius 2 is 1.74 bits per heavy atom. The van der Waals surface area contributed by atoms with Crippen molar-refractivity contribution in [1.82, 2.24) is 10.3 Å². The molecule has 0 atom stereocenters. The molecule has 3 rings (SSSR count). The van der Waals surface area contributed by atoms with E-state index in [2.05, 4.69) is 22.5 Å². The lowest BCUT2D eigenvalue weighted by molar-refractivity contribution is -0.119. The number of hydrogen-bond acceptors (Lipinski definition) is 6. The van der Waals surface area contributed by atoms with E-state index < -0.39 is 0 Å². The van der Waals surface area contributed by atoms with Crippen molar-refractivity contribution in [3.8, 4) is 10.6 Å². The standard InChI is InChI=1S/C23H25N3O3S2/c1-4-16-5-7-17(8-6-16)19(28)10-12-21(29)25-23-26-22(14(2)30-23)20-11-9-18(31-20)13-24-15(3)27/h5-9,11H,4,10,12-13H2,1-3H3,(H,24,27)(H,25,26,29). The number of benzene rings is 1. The third-order valence-corrected chi connectivity index (χ3v) is 6.69. The fourth-order valence-electron chi connectivity index (χ4n) is 2.97. The van der Waals surface area contributed by atoms with Gasteiger partial charge in [0.05, 0.1) is 17.1 Å². The second-order valence-corrected chi connectivity index (χ2v) is 9.49. The molecule has 2 N–H and O–H groups in total. The topological polar surface area (TPSA) is 88.2 Å². The Morgan fingerprint density at radius 1 is 1.00 bits per heavy atom. The van der Waals surface area contributed by atoms with Gasteiger partial charge in [0.15, 0.2) is 10.9 Å². The van der Waals surface area contributed by atoms with Crippen LogP contribution in [0.25, 0.3) is 10.6 Å². The molecule has 0 fully saturated rings. The van der Waals surface area contributed by atoms with Crippen LogP contribution < -0.4 is 10.6 Å². The summed E-state index contributed by atoms with van der Waals surface area (Å²) in [5, 5.41) is 6.11. The second-order valence-electron chi connectivity index (χ2n) is 7.12. The number of anilines is 1. The number of rotatable bonds is 9. The number of thiophene rings is 1. The third-order valence-electron chi connectivity index (χ3n) is 4.71. The van der Waals surface area contributed by atoms with Gasteiger partial charge >= 0.3 is 0 Å². The van der Waals surface area contributed by atoms with Crippen molar-refractivity contribution >= 4 is 45.4 Å². The number of nitrogens with zero attached hydrogens (tertiary/aromatic N) is 1. The first-order valence-corrected chi connectivity index (χ1v) is 11.7. The van der Waals surface area contributed by atoms with E-state index in [0.29, 0.717) is 17.2 Å². The number of carbonyl (C=O) groups excluding carboxylic acids is 3. The molecule has 2 aromatic heterocycles. The second kappa shape index (κ2) is 10.5. The summed E-state index contributed by atoms with van der Waals surface area (Å²) in [6.45, 7) is 6.00. The third kappa shape index (κ3) is 6.32. The minimum Gasteiger partial charge on any atom is -0.351 e. The molecule has 3 aromatic rings. The van der Waals surface area contributed by atoms with Gasteiger partial charge in [-0.25, -0.2) is 4.98 Å². The van der Waals surface area contributed by atoms with E-state index in [1.165, 1.54) is 23.8 Å². The first kappa shape index (κ1) is 22.8. The van der Waals surface area contributed by atoms with Crippen LogP contribution in [0.5, 0.6) is 0 Å². The van der Waals surface area contributed by atoms with Gasteiger partial charge in [0.25, 0.3) is 0 Å². The summed E-state index contributed by atoms with van der Waals surface area (Å²) in [6.07, 6.45) is 1.20. The lowest BCUT2D eigenvalue weighted by Crippen LogP contribution is -2.17. The van der Waals surface area contributed by atoms with E-state index in [9.17, 15) is 14.4 Å². The Morgan fingerprint density at radius 3 is 2.42 bits per heavy atom. The van der Waals surface area contributed by atoms with Crippen LogP contribution in [0, 0.1) is 6.92 Å². The number of hydrogen-bond donors (Lipinski definition) is 2. The zero-order chi connectivity index (χ0) is 22.4. The minimum atomic E-state index is -0.226. The lowest BCUT2D eigenvalue weighted by Gasteiger charge is -2.03. The van der Waals surface area contributed by atoms with E-state index in [4.69, 9.17) is 0 Å². The van der Waals surface area contributed by atoms with Crippen molar-refractivity contribution in [3.63, 3.8) is 0 Å². The lowest BCUT2D eigenvalue weighted by atomic mass is 10.0. The number of thiazole rings is 1. The van der Waals surface area contributed by atoms with Crippen LogP contribution in [0.3, 0.4) is 0 Å². The quantitative estimate of drug-likeness (QED) is 0.446. The van der Waals surface area contributed by atoms with Crippen molar-refractivity contribution in [2.45, 2.75) is 46.6 Å². The molecule has 8 heteroatoms. The summed E-state index contributed by atoms with van der Waals surface area (Å²) in [7, 11) is 0. The maximum absolute atomic E-state index is 12.3. The van der Waals surface area contributed by atoms with E-state index >= 15 is 0 Å². The summed E-state index contributed by atoms with van der Waals surface area (Å²) in [6, 6.07) is 11.5. The maximum Gasteiger partial charge on any atom is 0.226 e. The molecule has 31 heavy (non-hydrogen) atoms. The summed E-state index contributed by atoms with van der Waals surface area (Å²) < 4.78 is 0. The highest BCUT2D eigenvalue weighted by molar-refractivity contribution is 7.18. The average Bonchev–Trinajstić information content (AvgIpc) is 3.36. The van der Waals surface area contributed by atoms with Crippen LogP contribution in [0.1, 0.15) is 52.4 Å². The van der Waals surface area contributed by atoms with Crippen molar-refractivity contribution < 1.29 is 14.4 Å². The van der Waals surface area contributed by atoms with Gasteiger partial charge in [-0.1, -0.05) is 31.2 Å². The molecule has 1 aromatic carbocycles. The number of Topliss-reactive ketones (excluding diaryl/α,β-unsaturated/α-hetero) is 1. The summed E-state index contributed by atoms with van der Waals surface area (Å²) in [5.41, 5.74) is 2.63. The number of carbonyl (C=O) groups is 3. The fourth-order valence-corrected chi connectivity index (χ4v) is 4.87. The van der Waals surface area contributed by atoms with Crippen LogP contribution in [-0.4, -0.2) is 22.6 Å². The first-order valence-electron chi connectivity index (χ1n) is 10.1. The van der Waals surface area contributed by atoms with Gasteiger partial charge in [0, 0.05) is 35.1 Å². The fraction of sp³-hybridized carbons (Fsp3) is 0.304. The number of aryl methyl sites for hydroxylation is 2. The number of amides is 2. The van der Waals surface area contributed by atoms with Crippen molar-refractivity contribution in [3.05, 3.63) is 57.3 Å². The molecule has 0 aliphatic rings. The number of nitrogens with one attached hydrogen (secondary N) is 2. The van der Waals surface area contributed by atoms with Crippen LogP contribution in [0.4, 0.5) is 5.13 Å². The number of ketones is 1. The molecule has 0 spiro atoms. The summed E-state index contributed by atoms with van der Waals surface area (Å²) in [4.78, 5) is 43.3. The van der Waals surface area contributed by atoms with Gasteiger partial charge < -0.3 is 10.6 Å². The normalized spacial score (nSPS) is 10.7. The molecule has 2 heterocycles. The molecule has 0 aliphatic heterocycles. The predicted octanol–water partition coefficient (Wildman–Crippen LogP) is 4.98. The van der Waals surface area contributed by atoms with E-state index in [1.807, 2.05) is 43.3 Å². The van der Waals surface area contributed by atoms with Crippen molar-refractivity contribution in [2.75, 3.05) is 5.32 Å². The molecule has 0 bridgehead atoms. The smallest absolute Gasteiger partial charge is 0.226 e. The first-order chi connectivity index (χ1) is 14.9. The van der Waals surface area contributed by atoms with E-state index in [1.54, 1.807) is 11.3 Å².